The summed E-state index contributed by atoms with van der Waals surface area (Å²) in [5, 5.41) is 0. The van der Waals surface area contributed by atoms with Crippen molar-refractivity contribution in [1.82, 2.24) is 0 Å². The summed E-state index contributed by atoms with van der Waals surface area (Å²) in [5.41, 5.74) is -0.211. The van der Waals surface area contributed by atoms with Gasteiger partial charge in [0.1, 0.15) is 0 Å². The molecule has 0 bridgehead atoms. The molecule has 0 aliphatic rings. The van der Waals surface area contributed by atoms with Crippen LogP contribution in [0.1, 0.15) is 116 Å². The zero-order chi connectivity index (χ0) is 22.8. The Morgan fingerprint density at radius 3 is 1.77 bits per heavy atom. The summed E-state index contributed by atoms with van der Waals surface area (Å²) in [6, 6.07) is 9.66. The van der Waals surface area contributed by atoms with Gasteiger partial charge in [0, 0.05) is 7.11 Å². The summed E-state index contributed by atoms with van der Waals surface area (Å²) in [6.07, 6.45) is 18.0. The fraction of sp³-hybridized carbons (Fsp3) is 0.750. The molecular weight excluding hydrogens is 384 g/mol. The zero-order valence-corrected chi connectivity index (χ0v) is 20.8. The van der Waals surface area contributed by atoms with Crippen molar-refractivity contribution in [3.63, 3.8) is 0 Å². The van der Waals surface area contributed by atoms with Gasteiger partial charge in [-0.15, -0.1) is 0 Å². The van der Waals surface area contributed by atoms with Crippen LogP contribution in [-0.4, -0.2) is 19.7 Å². The van der Waals surface area contributed by atoms with Crippen LogP contribution in [0.15, 0.2) is 30.3 Å². The first kappa shape index (κ1) is 27.7. The topological polar surface area (TPSA) is 35.5 Å². The van der Waals surface area contributed by atoms with E-state index in [2.05, 4.69) is 13.8 Å². The first-order valence-corrected chi connectivity index (χ1v) is 12.9. The molecule has 1 aromatic rings. The van der Waals surface area contributed by atoms with Gasteiger partial charge in [0.25, 0.3) is 0 Å². The van der Waals surface area contributed by atoms with Crippen molar-refractivity contribution in [2.24, 2.45) is 5.92 Å². The molecule has 3 nitrogen and oxygen atoms in total. The molecule has 0 spiro atoms. The van der Waals surface area contributed by atoms with Crippen molar-refractivity contribution in [1.29, 1.82) is 0 Å². The van der Waals surface area contributed by atoms with Gasteiger partial charge in [-0.05, 0) is 31.2 Å². The average molecular weight is 433 g/mol. The number of rotatable bonds is 19. The Bertz CT molecular complexity index is 541. The van der Waals surface area contributed by atoms with E-state index in [4.69, 9.17) is 9.47 Å². The van der Waals surface area contributed by atoms with Gasteiger partial charge in [0.2, 0.25) is 0 Å². The minimum Gasteiger partial charge on any atom is -0.463 e. The molecule has 31 heavy (non-hydrogen) atoms. The Kier molecular flexibility index (Phi) is 15.4. The summed E-state index contributed by atoms with van der Waals surface area (Å²) in [4.78, 5) is 13.0. The summed E-state index contributed by atoms with van der Waals surface area (Å²) < 4.78 is 11.5. The van der Waals surface area contributed by atoms with E-state index < -0.39 is 5.60 Å². The predicted octanol–water partition coefficient (Wildman–Crippen LogP) is 8.21. The monoisotopic (exact) mass is 432 g/mol. The number of methoxy groups -OCH3 is 1. The maximum atomic E-state index is 13.0. The lowest BCUT2D eigenvalue weighted by Gasteiger charge is -2.27. The van der Waals surface area contributed by atoms with E-state index in [1.807, 2.05) is 30.3 Å². The van der Waals surface area contributed by atoms with Crippen LogP contribution in [-0.2, 0) is 19.9 Å². The molecule has 0 heterocycles. The first-order chi connectivity index (χ1) is 15.1. The normalized spacial score (nSPS) is 13.3. The Morgan fingerprint density at radius 1 is 0.806 bits per heavy atom. The van der Waals surface area contributed by atoms with Gasteiger partial charge in [0.15, 0.2) is 5.60 Å². The summed E-state index contributed by atoms with van der Waals surface area (Å²) in [5.74, 6) is 0.176. The van der Waals surface area contributed by atoms with Crippen molar-refractivity contribution in [3.05, 3.63) is 35.9 Å². The van der Waals surface area contributed by atoms with Crippen molar-refractivity contribution >= 4 is 5.97 Å². The molecule has 3 heteroatoms. The van der Waals surface area contributed by atoms with Crippen LogP contribution < -0.4 is 0 Å². The molecule has 0 saturated heterocycles. The third-order valence-corrected chi connectivity index (χ3v) is 6.50. The number of hydrogen-bond acceptors (Lipinski definition) is 3. The Morgan fingerprint density at radius 2 is 1.29 bits per heavy atom. The van der Waals surface area contributed by atoms with Crippen LogP contribution in [0.5, 0.6) is 0 Å². The van der Waals surface area contributed by atoms with Crippen molar-refractivity contribution in [2.45, 2.75) is 116 Å². The maximum absolute atomic E-state index is 13.0. The number of carbonyl (C=O) groups is 1. The average Bonchev–Trinajstić information content (AvgIpc) is 2.81. The molecule has 0 aromatic heterocycles. The van der Waals surface area contributed by atoms with E-state index in [1.165, 1.54) is 77.0 Å². The second-order valence-electron chi connectivity index (χ2n) is 9.18. The van der Waals surface area contributed by atoms with Gasteiger partial charge in [-0.1, -0.05) is 121 Å². The number of ether oxygens (including phenoxy) is 2. The van der Waals surface area contributed by atoms with Crippen LogP contribution in [0.3, 0.4) is 0 Å². The molecule has 0 amide bonds. The van der Waals surface area contributed by atoms with Gasteiger partial charge >= 0.3 is 5.97 Å². The second-order valence-corrected chi connectivity index (χ2v) is 9.18. The fourth-order valence-corrected chi connectivity index (χ4v) is 4.14. The van der Waals surface area contributed by atoms with E-state index in [9.17, 15) is 4.79 Å². The minimum atomic E-state index is -1.05. The van der Waals surface area contributed by atoms with Crippen LogP contribution >= 0.6 is 0 Å². The molecule has 0 saturated carbocycles. The SMILES string of the molecule is CCCCCCCCC(CCCCCCCC)COC(=O)C(C)(OC)c1ccccc1. The molecule has 0 radical (unpaired) electrons. The van der Waals surface area contributed by atoms with Crippen LogP contribution in [0.4, 0.5) is 0 Å². The van der Waals surface area contributed by atoms with Crippen LogP contribution in [0.25, 0.3) is 0 Å². The number of esters is 1. The molecular formula is C28H48O3. The Labute approximate surface area is 192 Å². The number of hydrogen-bond donors (Lipinski definition) is 0. The lowest BCUT2D eigenvalue weighted by atomic mass is 9.94. The minimum absolute atomic E-state index is 0.280. The number of unbranched alkanes of at least 4 members (excludes halogenated alkanes) is 10. The smallest absolute Gasteiger partial charge is 0.342 e. The summed E-state index contributed by atoms with van der Waals surface area (Å²) in [7, 11) is 1.58. The van der Waals surface area contributed by atoms with E-state index in [0.717, 1.165) is 18.4 Å². The highest BCUT2D eigenvalue weighted by molar-refractivity contribution is 5.80. The Balaban J connectivity index is 2.53. The first-order valence-electron chi connectivity index (χ1n) is 12.9. The molecule has 1 rings (SSSR count). The van der Waals surface area contributed by atoms with Crippen LogP contribution in [0, 0.1) is 5.92 Å². The quantitative estimate of drug-likeness (QED) is 0.163. The highest BCUT2D eigenvalue weighted by Crippen LogP contribution is 2.27. The predicted molar refractivity (Wildman–Crippen MR) is 131 cm³/mol. The van der Waals surface area contributed by atoms with E-state index >= 15 is 0 Å². The van der Waals surface area contributed by atoms with Gasteiger partial charge in [-0.3, -0.25) is 0 Å². The van der Waals surface area contributed by atoms with Gasteiger partial charge in [-0.2, -0.15) is 0 Å². The molecule has 1 unspecified atom stereocenters. The molecule has 1 aromatic carbocycles. The third-order valence-electron chi connectivity index (χ3n) is 6.50. The highest BCUT2D eigenvalue weighted by atomic mass is 16.6. The second kappa shape index (κ2) is 17.2. The maximum Gasteiger partial charge on any atom is 0.342 e. The summed E-state index contributed by atoms with van der Waals surface area (Å²) >= 11 is 0. The van der Waals surface area contributed by atoms with Crippen LogP contribution in [0.2, 0.25) is 0 Å². The van der Waals surface area contributed by atoms with Crippen molar-refractivity contribution in [3.8, 4) is 0 Å². The molecule has 1 atom stereocenters. The largest absolute Gasteiger partial charge is 0.463 e. The fourth-order valence-electron chi connectivity index (χ4n) is 4.14. The lowest BCUT2D eigenvalue weighted by Crippen LogP contribution is -2.37. The summed E-state index contributed by atoms with van der Waals surface area (Å²) in [6.45, 7) is 6.83. The van der Waals surface area contributed by atoms with E-state index in [1.54, 1.807) is 14.0 Å². The van der Waals surface area contributed by atoms with Gasteiger partial charge < -0.3 is 9.47 Å². The van der Waals surface area contributed by atoms with E-state index in [0.29, 0.717) is 12.5 Å². The Hall–Kier alpha value is -1.35. The molecule has 0 N–H and O–H groups in total. The lowest BCUT2D eigenvalue weighted by molar-refractivity contribution is -0.170. The molecule has 0 aliphatic heterocycles. The van der Waals surface area contributed by atoms with Crippen molar-refractivity contribution in [2.75, 3.05) is 13.7 Å². The van der Waals surface area contributed by atoms with Gasteiger partial charge in [-0.25, -0.2) is 4.79 Å². The molecule has 178 valence electrons. The number of benzene rings is 1. The molecule has 0 aliphatic carbocycles. The van der Waals surface area contributed by atoms with E-state index in [-0.39, 0.29) is 5.97 Å². The highest BCUT2D eigenvalue weighted by Gasteiger charge is 2.37. The number of carbonyl (C=O) groups excluding carboxylic acids is 1. The third kappa shape index (κ3) is 11.2. The zero-order valence-electron chi connectivity index (χ0n) is 20.8. The molecule has 0 fully saturated rings. The van der Waals surface area contributed by atoms with Crippen molar-refractivity contribution < 1.29 is 14.3 Å². The standard InChI is InChI=1S/C28H48O3/c1-5-7-9-11-13-16-20-25(21-17-14-12-10-8-6-2)24-31-27(29)28(3,30-4)26-22-18-15-19-23-26/h15,18-19,22-23,25H,5-14,16-17,20-21,24H2,1-4H3. The van der Waals surface area contributed by atoms with Gasteiger partial charge in [0.05, 0.1) is 6.61 Å².